The lowest BCUT2D eigenvalue weighted by Crippen LogP contribution is -2.24. The van der Waals surface area contributed by atoms with E-state index in [1.54, 1.807) is 4.68 Å². The zero-order chi connectivity index (χ0) is 14.8. The van der Waals surface area contributed by atoms with Crippen molar-refractivity contribution in [2.45, 2.75) is 19.5 Å². The first-order valence-corrected chi connectivity index (χ1v) is 6.56. The molecule has 1 aromatic carbocycles. The van der Waals surface area contributed by atoms with E-state index < -0.39 is 17.5 Å². The van der Waals surface area contributed by atoms with Gasteiger partial charge >= 0.3 is 0 Å². The fraction of sp³-hybridized carbons (Fsp3) is 0.286. The second-order valence-electron chi connectivity index (χ2n) is 4.71. The number of aryl methyl sites for hydroxylation is 1. The van der Waals surface area contributed by atoms with Crippen molar-refractivity contribution in [3.05, 3.63) is 47.2 Å². The maximum Gasteiger partial charge on any atom is 0.258 e. The van der Waals surface area contributed by atoms with Crippen LogP contribution in [0.3, 0.4) is 0 Å². The van der Waals surface area contributed by atoms with Crippen LogP contribution in [0.2, 0.25) is 0 Å². The van der Waals surface area contributed by atoms with Gasteiger partial charge in [-0.2, -0.15) is 5.10 Å². The van der Waals surface area contributed by atoms with Gasteiger partial charge in [-0.05, 0) is 6.07 Å². The summed E-state index contributed by atoms with van der Waals surface area (Å²) in [4.78, 5) is 12.1. The Morgan fingerprint density at radius 3 is 3.10 bits per heavy atom. The van der Waals surface area contributed by atoms with E-state index in [1.807, 2.05) is 0 Å². The third-order valence-electron chi connectivity index (χ3n) is 3.24. The van der Waals surface area contributed by atoms with Gasteiger partial charge < -0.3 is 10.1 Å². The van der Waals surface area contributed by atoms with E-state index in [0.29, 0.717) is 24.6 Å². The second kappa shape index (κ2) is 5.51. The number of benzene rings is 1. The molecule has 1 N–H and O–H groups in total. The third kappa shape index (κ3) is 2.72. The molecule has 0 fully saturated rings. The molecular formula is C14H13F2N3O2. The number of aromatic nitrogens is 2. The van der Waals surface area contributed by atoms with Gasteiger partial charge in [0.25, 0.3) is 5.91 Å². The van der Waals surface area contributed by atoms with Crippen LogP contribution in [0.15, 0.2) is 24.4 Å². The molecule has 0 bridgehead atoms. The Balaban J connectivity index is 1.71. The third-order valence-corrected chi connectivity index (χ3v) is 3.24. The van der Waals surface area contributed by atoms with E-state index in [9.17, 15) is 13.6 Å². The molecule has 2 aromatic rings. The van der Waals surface area contributed by atoms with Crippen LogP contribution in [-0.4, -0.2) is 22.3 Å². The van der Waals surface area contributed by atoms with Gasteiger partial charge in [-0.25, -0.2) is 13.5 Å². The highest BCUT2D eigenvalue weighted by Crippen LogP contribution is 2.22. The van der Waals surface area contributed by atoms with E-state index in [0.717, 1.165) is 18.6 Å². The zero-order valence-corrected chi connectivity index (χ0v) is 11.1. The highest BCUT2D eigenvalue weighted by atomic mass is 19.1. The fourth-order valence-electron chi connectivity index (χ4n) is 2.16. The van der Waals surface area contributed by atoms with Crippen molar-refractivity contribution in [1.29, 1.82) is 0 Å². The van der Waals surface area contributed by atoms with Crippen molar-refractivity contribution in [3.63, 3.8) is 0 Å². The van der Waals surface area contributed by atoms with Crippen LogP contribution < -0.4 is 10.1 Å². The van der Waals surface area contributed by atoms with Gasteiger partial charge in [-0.1, -0.05) is 6.07 Å². The van der Waals surface area contributed by atoms with Gasteiger partial charge in [0.2, 0.25) is 5.88 Å². The molecule has 0 spiro atoms. The molecule has 2 heterocycles. The summed E-state index contributed by atoms with van der Waals surface area (Å²) in [5, 5.41) is 6.65. The number of ether oxygens (including phenoxy) is 1. The minimum absolute atomic E-state index is 0.0322. The molecule has 0 unspecified atom stereocenters. The van der Waals surface area contributed by atoms with Crippen LogP contribution in [-0.2, 0) is 13.1 Å². The SMILES string of the molecule is O=C(NCc1ccc(F)cc1F)c1cnn2c1OCCC2. The van der Waals surface area contributed by atoms with Crippen molar-refractivity contribution in [3.8, 4) is 5.88 Å². The maximum absolute atomic E-state index is 13.5. The Morgan fingerprint density at radius 2 is 2.29 bits per heavy atom. The van der Waals surface area contributed by atoms with Crippen molar-refractivity contribution in [1.82, 2.24) is 15.1 Å². The molecule has 0 saturated carbocycles. The molecule has 5 nitrogen and oxygen atoms in total. The van der Waals surface area contributed by atoms with Gasteiger partial charge in [-0.3, -0.25) is 4.79 Å². The van der Waals surface area contributed by atoms with E-state index >= 15 is 0 Å². The number of rotatable bonds is 3. The number of fused-ring (bicyclic) bond motifs is 1. The molecule has 1 amide bonds. The van der Waals surface area contributed by atoms with Crippen molar-refractivity contribution in [2.24, 2.45) is 0 Å². The van der Waals surface area contributed by atoms with Gasteiger partial charge in [-0.15, -0.1) is 0 Å². The number of halogens is 2. The van der Waals surface area contributed by atoms with Crippen molar-refractivity contribution < 1.29 is 18.3 Å². The molecular weight excluding hydrogens is 280 g/mol. The van der Waals surface area contributed by atoms with Crippen LogP contribution in [0.25, 0.3) is 0 Å². The summed E-state index contributed by atoms with van der Waals surface area (Å²) >= 11 is 0. The number of carbonyl (C=O) groups is 1. The van der Waals surface area contributed by atoms with E-state index in [1.165, 1.54) is 12.3 Å². The average molecular weight is 293 g/mol. The maximum atomic E-state index is 13.5. The summed E-state index contributed by atoms with van der Waals surface area (Å²) in [6.45, 7) is 1.21. The van der Waals surface area contributed by atoms with E-state index in [4.69, 9.17) is 4.74 Å². The monoisotopic (exact) mass is 293 g/mol. The minimum Gasteiger partial charge on any atom is -0.477 e. The molecule has 0 aliphatic carbocycles. The number of carbonyl (C=O) groups excluding carboxylic acids is 1. The van der Waals surface area contributed by atoms with Crippen LogP contribution in [0.4, 0.5) is 8.78 Å². The predicted octanol–water partition coefficient (Wildman–Crippen LogP) is 1.87. The molecule has 1 aromatic heterocycles. The molecule has 0 radical (unpaired) electrons. The Kier molecular flexibility index (Phi) is 3.55. The molecule has 21 heavy (non-hydrogen) atoms. The average Bonchev–Trinajstić information content (AvgIpc) is 2.90. The fourth-order valence-corrected chi connectivity index (χ4v) is 2.16. The van der Waals surface area contributed by atoms with Gasteiger partial charge in [0.05, 0.1) is 12.8 Å². The summed E-state index contributed by atoms with van der Waals surface area (Å²) in [6, 6.07) is 3.23. The molecule has 0 saturated heterocycles. The smallest absolute Gasteiger partial charge is 0.258 e. The normalized spacial score (nSPS) is 13.4. The summed E-state index contributed by atoms with van der Waals surface area (Å²) in [5.74, 6) is -1.31. The lowest BCUT2D eigenvalue weighted by Gasteiger charge is -2.15. The number of nitrogens with one attached hydrogen (secondary N) is 1. The Morgan fingerprint density at radius 1 is 1.43 bits per heavy atom. The van der Waals surface area contributed by atoms with Crippen LogP contribution in [0.5, 0.6) is 5.88 Å². The predicted molar refractivity (Wildman–Crippen MR) is 69.9 cm³/mol. The molecule has 1 aliphatic heterocycles. The second-order valence-corrected chi connectivity index (χ2v) is 4.71. The standard InChI is InChI=1S/C14H13F2N3O2/c15-10-3-2-9(12(16)6-10)7-17-13(20)11-8-18-19-4-1-5-21-14(11)19/h2-3,6,8H,1,4-5,7H2,(H,17,20). The molecule has 110 valence electrons. The summed E-state index contributed by atoms with van der Waals surface area (Å²) in [5.41, 5.74) is 0.531. The van der Waals surface area contributed by atoms with E-state index in [-0.39, 0.29) is 12.1 Å². The van der Waals surface area contributed by atoms with Crippen LogP contribution in [0.1, 0.15) is 22.3 Å². The van der Waals surface area contributed by atoms with Crippen LogP contribution >= 0.6 is 0 Å². The number of hydrogen-bond acceptors (Lipinski definition) is 3. The lowest BCUT2D eigenvalue weighted by atomic mass is 10.2. The Hall–Kier alpha value is -2.44. The van der Waals surface area contributed by atoms with Gasteiger partial charge in [0.15, 0.2) is 0 Å². The van der Waals surface area contributed by atoms with E-state index in [2.05, 4.69) is 10.4 Å². The summed E-state index contributed by atoms with van der Waals surface area (Å²) < 4.78 is 33.3. The van der Waals surface area contributed by atoms with Gasteiger partial charge in [0.1, 0.15) is 17.2 Å². The van der Waals surface area contributed by atoms with Crippen molar-refractivity contribution >= 4 is 5.91 Å². The largest absolute Gasteiger partial charge is 0.477 e. The number of nitrogens with zero attached hydrogens (tertiary/aromatic N) is 2. The first kappa shape index (κ1) is 13.5. The number of amides is 1. The zero-order valence-electron chi connectivity index (χ0n) is 11.1. The van der Waals surface area contributed by atoms with Gasteiger partial charge in [0, 0.05) is 31.1 Å². The molecule has 0 atom stereocenters. The Labute approximate surface area is 119 Å². The molecule has 1 aliphatic rings. The first-order valence-electron chi connectivity index (χ1n) is 6.56. The quantitative estimate of drug-likeness (QED) is 0.940. The Bertz CT molecular complexity index is 685. The minimum atomic E-state index is -0.691. The highest BCUT2D eigenvalue weighted by molar-refractivity contribution is 5.96. The highest BCUT2D eigenvalue weighted by Gasteiger charge is 2.21. The van der Waals surface area contributed by atoms with Crippen molar-refractivity contribution in [2.75, 3.05) is 6.61 Å². The summed E-state index contributed by atoms with van der Waals surface area (Å²) in [6.07, 6.45) is 2.27. The number of hydrogen-bond donors (Lipinski definition) is 1. The molecule has 7 heteroatoms. The first-order chi connectivity index (χ1) is 10.1. The summed E-state index contributed by atoms with van der Waals surface area (Å²) in [7, 11) is 0. The van der Waals surface area contributed by atoms with Crippen LogP contribution in [0, 0.1) is 11.6 Å². The molecule has 3 rings (SSSR count). The lowest BCUT2D eigenvalue weighted by molar-refractivity contribution is 0.0944. The topological polar surface area (TPSA) is 56.2 Å².